The molecule has 1 fully saturated rings. The largest absolute Gasteiger partial charge is 0.492 e. The van der Waals surface area contributed by atoms with Gasteiger partial charge in [0, 0.05) is 18.1 Å². The number of hydrogen-bond donors (Lipinski definition) is 0. The van der Waals surface area contributed by atoms with Crippen LogP contribution in [0.15, 0.2) is 17.0 Å². The van der Waals surface area contributed by atoms with Gasteiger partial charge in [-0.3, -0.25) is 0 Å². The minimum absolute atomic E-state index is 0.186. The Morgan fingerprint density at radius 1 is 1.41 bits per heavy atom. The zero-order chi connectivity index (χ0) is 16.3. The van der Waals surface area contributed by atoms with Crippen LogP contribution < -0.4 is 4.74 Å². The van der Waals surface area contributed by atoms with Gasteiger partial charge in [-0.25, -0.2) is 8.42 Å². The molecule has 1 aliphatic rings. The first kappa shape index (κ1) is 17.6. The Kier molecular flexibility index (Phi) is 5.75. The number of rotatable bonds is 5. The van der Waals surface area contributed by atoms with Crippen LogP contribution in [0.5, 0.6) is 5.75 Å². The van der Waals surface area contributed by atoms with Gasteiger partial charge in [0.1, 0.15) is 10.6 Å². The Morgan fingerprint density at radius 3 is 2.77 bits per heavy atom. The van der Waals surface area contributed by atoms with E-state index in [1.54, 1.807) is 10.4 Å². The molecule has 0 saturated carbocycles. The molecule has 1 atom stereocenters. The molecule has 124 valence electrons. The molecule has 4 nitrogen and oxygen atoms in total. The van der Waals surface area contributed by atoms with Gasteiger partial charge in [0.15, 0.2) is 0 Å². The van der Waals surface area contributed by atoms with Gasteiger partial charge in [0.2, 0.25) is 10.0 Å². The first-order valence-corrected chi connectivity index (χ1v) is 9.61. The maximum absolute atomic E-state index is 13.0. The number of halogens is 1. The van der Waals surface area contributed by atoms with E-state index in [2.05, 4.69) is 6.92 Å². The topological polar surface area (TPSA) is 46.6 Å². The molecule has 0 bridgehead atoms. The third kappa shape index (κ3) is 3.76. The molecule has 22 heavy (non-hydrogen) atoms. The fourth-order valence-electron chi connectivity index (χ4n) is 2.67. The van der Waals surface area contributed by atoms with Gasteiger partial charge >= 0.3 is 0 Å². The van der Waals surface area contributed by atoms with Crippen molar-refractivity contribution < 1.29 is 13.2 Å². The molecule has 6 heteroatoms. The van der Waals surface area contributed by atoms with E-state index in [1.165, 1.54) is 6.07 Å². The molecule has 0 spiro atoms. The second-order valence-corrected chi connectivity index (χ2v) is 8.32. The third-order valence-corrected chi connectivity index (χ3v) is 6.22. The summed E-state index contributed by atoms with van der Waals surface area (Å²) in [6.45, 7) is 7.52. The summed E-state index contributed by atoms with van der Waals surface area (Å²) in [5.74, 6) is 0.784. The highest BCUT2D eigenvalue weighted by atomic mass is 35.5. The fourth-order valence-corrected chi connectivity index (χ4v) is 4.63. The fraction of sp³-hybridized carbons (Fsp3) is 0.625. The number of nitrogens with zero attached hydrogens (tertiary/aromatic N) is 1. The summed E-state index contributed by atoms with van der Waals surface area (Å²) in [6, 6.07) is 3.24. The molecule has 0 N–H and O–H groups in total. The van der Waals surface area contributed by atoms with Crippen molar-refractivity contribution in [2.24, 2.45) is 5.92 Å². The molecule has 1 saturated heterocycles. The summed E-state index contributed by atoms with van der Waals surface area (Å²) in [6.07, 6.45) is 2.78. The number of ether oxygens (including phenoxy) is 1. The van der Waals surface area contributed by atoms with E-state index in [0.29, 0.717) is 36.4 Å². The Labute approximate surface area is 138 Å². The number of sulfonamides is 1. The zero-order valence-electron chi connectivity index (χ0n) is 13.4. The highest BCUT2D eigenvalue weighted by Crippen LogP contribution is 2.34. The molecule has 0 unspecified atom stereocenters. The summed E-state index contributed by atoms with van der Waals surface area (Å²) < 4.78 is 33.2. The van der Waals surface area contributed by atoms with Crippen molar-refractivity contribution in [3.8, 4) is 5.75 Å². The summed E-state index contributed by atoms with van der Waals surface area (Å²) >= 11 is 6.15. The van der Waals surface area contributed by atoms with Gasteiger partial charge in [0.25, 0.3) is 0 Å². The highest BCUT2D eigenvalue weighted by Gasteiger charge is 2.31. The normalized spacial score (nSPS) is 20.1. The second-order valence-electron chi connectivity index (χ2n) is 6.01. The van der Waals surface area contributed by atoms with Crippen molar-refractivity contribution in [1.82, 2.24) is 4.31 Å². The molecule has 0 aromatic heterocycles. The van der Waals surface area contributed by atoms with Crippen LogP contribution >= 0.6 is 11.6 Å². The van der Waals surface area contributed by atoms with E-state index >= 15 is 0 Å². The summed E-state index contributed by atoms with van der Waals surface area (Å²) in [7, 11) is -3.57. The minimum Gasteiger partial charge on any atom is -0.492 e. The molecule has 0 radical (unpaired) electrons. The monoisotopic (exact) mass is 345 g/mol. The van der Waals surface area contributed by atoms with Crippen LogP contribution in [0.3, 0.4) is 0 Å². The summed E-state index contributed by atoms with van der Waals surface area (Å²) in [5.41, 5.74) is 0.818. The number of hydrogen-bond acceptors (Lipinski definition) is 3. The Hall–Kier alpha value is -0.780. The zero-order valence-corrected chi connectivity index (χ0v) is 15.0. The van der Waals surface area contributed by atoms with Crippen LogP contribution in [-0.4, -0.2) is 32.4 Å². The predicted molar refractivity (Wildman–Crippen MR) is 89.1 cm³/mol. The standard InChI is InChI=1S/C16H24ClNO3S/c1-4-8-21-15-9-13(3)14(17)10-16(15)22(19,20)18-7-5-6-12(2)11-18/h9-10,12H,4-8,11H2,1-3H3/t12-/m0/s1. The molecule has 0 aliphatic carbocycles. The van der Waals surface area contributed by atoms with Crippen LogP contribution in [0.25, 0.3) is 0 Å². The van der Waals surface area contributed by atoms with Crippen molar-refractivity contribution in [3.05, 3.63) is 22.7 Å². The minimum atomic E-state index is -3.57. The number of aryl methyl sites for hydroxylation is 1. The SMILES string of the molecule is CCCOc1cc(C)c(Cl)cc1S(=O)(=O)N1CCC[C@H](C)C1. The van der Waals surface area contributed by atoms with Crippen molar-refractivity contribution >= 4 is 21.6 Å². The molecule has 1 heterocycles. The Balaban J connectivity index is 2.42. The van der Waals surface area contributed by atoms with E-state index < -0.39 is 10.0 Å². The van der Waals surface area contributed by atoms with Gasteiger partial charge in [-0.1, -0.05) is 25.4 Å². The maximum atomic E-state index is 13.0. The molecular weight excluding hydrogens is 322 g/mol. The molecular formula is C16H24ClNO3S. The molecule has 0 amide bonds. The lowest BCUT2D eigenvalue weighted by Gasteiger charge is -2.30. The molecule has 1 aliphatic heterocycles. The van der Waals surface area contributed by atoms with Crippen molar-refractivity contribution in [1.29, 1.82) is 0 Å². The predicted octanol–water partition coefficient (Wildman–Crippen LogP) is 3.86. The lowest BCUT2D eigenvalue weighted by molar-refractivity contribution is 0.277. The van der Waals surface area contributed by atoms with Crippen LogP contribution in [0.1, 0.15) is 38.7 Å². The quantitative estimate of drug-likeness (QED) is 0.814. The van der Waals surface area contributed by atoms with Crippen molar-refractivity contribution in [2.45, 2.75) is 44.9 Å². The third-order valence-electron chi connectivity index (χ3n) is 3.92. The van der Waals surface area contributed by atoms with Crippen LogP contribution in [-0.2, 0) is 10.0 Å². The van der Waals surface area contributed by atoms with Gasteiger partial charge in [0.05, 0.1) is 6.61 Å². The highest BCUT2D eigenvalue weighted by molar-refractivity contribution is 7.89. The van der Waals surface area contributed by atoms with E-state index in [4.69, 9.17) is 16.3 Å². The van der Waals surface area contributed by atoms with Crippen molar-refractivity contribution in [3.63, 3.8) is 0 Å². The molecule has 1 aromatic rings. The maximum Gasteiger partial charge on any atom is 0.246 e. The smallest absolute Gasteiger partial charge is 0.246 e. The summed E-state index contributed by atoms with van der Waals surface area (Å²) in [5, 5.41) is 0.451. The second kappa shape index (κ2) is 7.20. The number of benzene rings is 1. The van der Waals surface area contributed by atoms with E-state index in [1.807, 2.05) is 13.8 Å². The van der Waals surface area contributed by atoms with E-state index in [0.717, 1.165) is 24.8 Å². The van der Waals surface area contributed by atoms with E-state index in [-0.39, 0.29) is 4.90 Å². The molecule has 2 rings (SSSR count). The lowest BCUT2D eigenvalue weighted by atomic mass is 10.0. The van der Waals surface area contributed by atoms with Gasteiger partial charge in [-0.2, -0.15) is 4.31 Å². The number of piperidine rings is 1. The van der Waals surface area contributed by atoms with Crippen LogP contribution in [0.2, 0.25) is 5.02 Å². The average Bonchev–Trinajstić information content (AvgIpc) is 2.48. The van der Waals surface area contributed by atoms with Gasteiger partial charge in [-0.05, 0) is 49.8 Å². The average molecular weight is 346 g/mol. The Morgan fingerprint density at radius 2 is 2.14 bits per heavy atom. The lowest BCUT2D eigenvalue weighted by Crippen LogP contribution is -2.39. The van der Waals surface area contributed by atoms with Crippen LogP contribution in [0, 0.1) is 12.8 Å². The van der Waals surface area contributed by atoms with Crippen molar-refractivity contribution in [2.75, 3.05) is 19.7 Å². The van der Waals surface area contributed by atoms with Crippen LogP contribution in [0.4, 0.5) is 0 Å². The van der Waals surface area contributed by atoms with Gasteiger partial charge < -0.3 is 4.74 Å². The first-order chi connectivity index (χ1) is 10.4. The Bertz CT molecular complexity index is 631. The first-order valence-electron chi connectivity index (χ1n) is 7.79. The van der Waals surface area contributed by atoms with E-state index in [9.17, 15) is 8.42 Å². The summed E-state index contributed by atoms with van der Waals surface area (Å²) in [4.78, 5) is 0.186. The van der Waals surface area contributed by atoms with Gasteiger partial charge in [-0.15, -0.1) is 0 Å². The molecule has 1 aromatic carbocycles.